The van der Waals surface area contributed by atoms with E-state index in [1.54, 1.807) is 0 Å². The molecule has 1 fully saturated rings. The number of carbonyl (C=O) groups is 2. The van der Waals surface area contributed by atoms with Crippen molar-refractivity contribution in [3.8, 4) is 0 Å². The highest BCUT2D eigenvalue weighted by Gasteiger charge is 2.35. The molecule has 6 heteroatoms. The van der Waals surface area contributed by atoms with E-state index < -0.39 is 6.04 Å². The number of fused-ring (bicyclic) bond motifs is 3. The fraction of sp³-hybridized carbons (Fsp3) is 0.357. The smallest absolute Gasteiger partial charge is 0.250 e. The van der Waals surface area contributed by atoms with Gasteiger partial charge in [0.05, 0.1) is 17.5 Å². The zero-order valence-electron chi connectivity index (χ0n) is 10.8. The van der Waals surface area contributed by atoms with E-state index in [9.17, 15) is 9.59 Å². The Bertz CT molecular complexity index is 717. The quantitative estimate of drug-likeness (QED) is 0.879. The van der Waals surface area contributed by atoms with Crippen LogP contribution in [0.2, 0.25) is 0 Å². The van der Waals surface area contributed by atoms with E-state index in [1.807, 2.05) is 28.8 Å². The minimum absolute atomic E-state index is 0.0710. The highest BCUT2D eigenvalue weighted by Crippen LogP contribution is 2.32. The highest BCUT2D eigenvalue weighted by atomic mass is 16.2. The first-order valence-electron chi connectivity index (χ1n) is 6.79. The Kier molecular flexibility index (Phi) is 2.33. The Labute approximate surface area is 115 Å². The summed E-state index contributed by atoms with van der Waals surface area (Å²) in [7, 11) is 0. The lowest BCUT2D eigenvalue weighted by molar-refractivity contribution is -0.126. The van der Waals surface area contributed by atoms with Crippen molar-refractivity contribution in [2.45, 2.75) is 31.3 Å². The fourth-order valence-corrected chi connectivity index (χ4v) is 2.63. The maximum absolute atomic E-state index is 12.0. The molecule has 0 radical (unpaired) electrons. The van der Waals surface area contributed by atoms with Crippen molar-refractivity contribution in [2.24, 2.45) is 0 Å². The number of aromatic nitrogens is 2. The number of para-hydroxylation sites is 2. The number of imidazole rings is 1. The summed E-state index contributed by atoms with van der Waals surface area (Å²) in [6.07, 6.45) is 2.25. The molecule has 0 bridgehead atoms. The van der Waals surface area contributed by atoms with Crippen LogP contribution in [-0.4, -0.2) is 27.4 Å². The van der Waals surface area contributed by atoms with E-state index >= 15 is 0 Å². The van der Waals surface area contributed by atoms with Gasteiger partial charge in [0.25, 0.3) is 0 Å². The van der Waals surface area contributed by atoms with Crippen LogP contribution in [0.3, 0.4) is 0 Å². The van der Waals surface area contributed by atoms with Crippen LogP contribution in [-0.2, 0) is 9.59 Å². The van der Waals surface area contributed by atoms with Crippen LogP contribution in [0, 0.1) is 0 Å². The number of hydrogen-bond donors (Lipinski definition) is 2. The Hall–Kier alpha value is -2.37. The third-order valence-corrected chi connectivity index (χ3v) is 3.77. The van der Waals surface area contributed by atoms with Crippen molar-refractivity contribution < 1.29 is 9.59 Å². The molecule has 2 amide bonds. The zero-order valence-corrected chi connectivity index (χ0v) is 10.8. The van der Waals surface area contributed by atoms with Crippen LogP contribution in [0.4, 0.5) is 5.95 Å². The predicted octanol–water partition coefficient (Wildman–Crippen LogP) is 1.20. The summed E-state index contributed by atoms with van der Waals surface area (Å²) in [5.74, 6) is 0.294. The Morgan fingerprint density at radius 2 is 2.20 bits per heavy atom. The van der Waals surface area contributed by atoms with Crippen LogP contribution in [0.25, 0.3) is 11.0 Å². The van der Waals surface area contributed by atoms with E-state index in [0.29, 0.717) is 12.0 Å². The lowest BCUT2D eigenvalue weighted by atomic mass is 10.2. The summed E-state index contributed by atoms with van der Waals surface area (Å²) in [5, 5.41) is 5.66. The second-order valence-corrected chi connectivity index (χ2v) is 5.35. The predicted molar refractivity (Wildman–Crippen MR) is 73.2 cm³/mol. The molecular formula is C14H14N4O2. The lowest BCUT2D eigenvalue weighted by Crippen LogP contribution is -2.30. The third kappa shape index (κ3) is 1.76. The van der Waals surface area contributed by atoms with Crippen LogP contribution >= 0.6 is 0 Å². The molecule has 0 unspecified atom stereocenters. The normalized spacial score (nSPS) is 20.8. The van der Waals surface area contributed by atoms with Gasteiger partial charge in [0.2, 0.25) is 17.8 Å². The van der Waals surface area contributed by atoms with Gasteiger partial charge in [-0.05, 0) is 25.0 Å². The topological polar surface area (TPSA) is 76.0 Å². The van der Waals surface area contributed by atoms with Crippen LogP contribution < -0.4 is 10.6 Å². The van der Waals surface area contributed by atoms with Gasteiger partial charge < -0.3 is 5.32 Å². The first kappa shape index (κ1) is 11.5. The molecular weight excluding hydrogens is 256 g/mol. The van der Waals surface area contributed by atoms with Crippen molar-refractivity contribution in [3.63, 3.8) is 0 Å². The number of nitrogens with zero attached hydrogens (tertiary/aromatic N) is 2. The molecule has 1 aliphatic carbocycles. The number of anilines is 1. The molecule has 1 aliphatic heterocycles. The van der Waals surface area contributed by atoms with Gasteiger partial charge in [-0.25, -0.2) is 4.98 Å². The third-order valence-electron chi connectivity index (χ3n) is 3.77. The molecule has 6 nitrogen and oxygen atoms in total. The van der Waals surface area contributed by atoms with E-state index in [1.165, 1.54) is 0 Å². The molecule has 1 aromatic heterocycles. The minimum atomic E-state index is -0.504. The van der Waals surface area contributed by atoms with Gasteiger partial charge in [0.15, 0.2) is 0 Å². The standard InChI is InChI=1S/C14H14N4O2/c19-12(15-8-5-6-8)7-11-13(20)17-14-16-9-3-1-2-4-10(9)18(11)14/h1-4,8,11H,5-7H2,(H,15,19)(H,16,17,20)/t11-/m0/s1. The van der Waals surface area contributed by atoms with Crippen molar-refractivity contribution in [1.82, 2.24) is 14.9 Å². The van der Waals surface area contributed by atoms with Gasteiger partial charge in [0.1, 0.15) is 6.04 Å². The maximum Gasteiger partial charge on any atom is 0.250 e. The molecule has 1 saturated carbocycles. The second-order valence-electron chi connectivity index (χ2n) is 5.35. The number of carbonyl (C=O) groups excluding carboxylic acids is 2. The monoisotopic (exact) mass is 270 g/mol. The van der Waals surface area contributed by atoms with Gasteiger partial charge in [0, 0.05) is 6.04 Å². The summed E-state index contributed by atoms with van der Waals surface area (Å²) in [5.41, 5.74) is 1.71. The SMILES string of the molecule is O=C(C[C@H]1C(=O)Nc2nc3ccccc3n21)NC1CC1. The fourth-order valence-electron chi connectivity index (χ4n) is 2.63. The molecule has 0 spiro atoms. The number of rotatable bonds is 3. The Balaban J connectivity index is 1.67. The molecule has 20 heavy (non-hydrogen) atoms. The summed E-state index contributed by atoms with van der Waals surface area (Å²) in [6.45, 7) is 0. The largest absolute Gasteiger partial charge is 0.353 e. The molecule has 2 N–H and O–H groups in total. The van der Waals surface area contributed by atoms with Crippen LogP contribution in [0.1, 0.15) is 25.3 Å². The molecule has 2 aromatic rings. The molecule has 0 saturated heterocycles. The number of nitrogens with one attached hydrogen (secondary N) is 2. The highest BCUT2D eigenvalue weighted by molar-refractivity contribution is 6.02. The molecule has 4 rings (SSSR count). The van der Waals surface area contributed by atoms with E-state index in [2.05, 4.69) is 15.6 Å². The van der Waals surface area contributed by atoms with Gasteiger partial charge >= 0.3 is 0 Å². The average Bonchev–Trinajstić information content (AvgIpc) is 3.08. The lowest BCUT2D eigenvalue weighted by Gasteiger charge is -2.11. The molecule has 2 aliphatic rings. The van der Waals surface area contributed by atoms with Crippen LogP contribution in [0.5, 0.6) is 0 Å². The van der Waals surface area contributed by atoms with Gasteiger partial charge in [-0.15, -0.1) is 0 Å². The Morgan fingerprint density at radius 3 is 3.00 bits per heavy atom. The second kappa shape index (κ2) is 4.06. The van der Waals surface area contributed by atoms with Crippen molar-refractivity contribution in [1.29, 1.82) is 0 Å². The minimum Gasteiger partial charge on any atom is -0.353 e. The zero-order chi connectivity index (χ0) is 13.7. The Morgan fingerprint density at radius 1 is 1.40 bits per heavy atom. The first-order chi connectivity index (χ1) is 9.72. The van der Waals surface area contributed by atoms with Crippen molar-refractivity contribution in [3.05, 3.63) is 24.3 Å². The van der Waals surface area contributed by atoms with Crippen LogP contribution in [0.15, 0.2) is 24.3 Å². The molecule has 1 atom stereocenters. The molecule has 1 aromatic carbocycles. The number of benzene rings is 1. The summed E-state index contributed by atoms with van der Waals surface area (Å²) in [6, 6.07) is 7.43. The molecule has 102 valence electrons. The molecule has 2 heterocycles. The summed E-state index contributed by atoms with van der Waals surface area (Å²) >= 11 is 0. The van der Waals surface area contributed by atoms with E-state index in [-0.39, 0.29) is 18.2 Å². The average molecular weight is 270 g/mol. The van der Waals surface area contributed by atoms with Gasteiger partial charge in [-0.2, -0.15) is 0 Å². The summed E-state index contributed by atoms with van der Waals surface area (Å²) in [4.78, 5) is 28.3. The first-order valence-corrected chi connectivity index (χ1v) is 6.79. The van der Waals surface area contributed by atoms with Gasteiger partial charge in [-0.1, -0.05) is 12.1 Å². The number of hydrogen-bond acceptors (Lipinski definition) is 3. The van der Waals surface area contributed by atoms with Gasteiger partial charge in [-0.3, -0.25) is 19.5 Å². The summed E-state index contributed by atoms with van der Waals surface area (Å²) < 4.78 is 1.82. The maximum atomic E-state index is 12.0. The van der Waals surface area contributed by atoms with E-state index in [0.717, 1.165) is 23.9 Å². The van der Waals surface area contributed by atoms with E-state index in [4.69, 9.17) is 0 Å². The van der Waals surface area contributed by atoms with Crippen molar-refractivity contribution >= 4 is 28.8 Å². The number of amides is 2. The van der Waals surface area contributed by atoms with Crippen molar-refractivity contribution in [2.75, 3.05) is 5.32 Å².